The summed E-state index contributed by atoms with van der Waals surface area (Å²) < 4.78 is 0. The highest BCUT2D eigenvalue weighted by Crippen LogP contribution is 2.40. The van der Waals surface area contributed by atoms with Crippen molar-refractivity contribution < 1.29 is 4.79 Å². The van der Waals surface area contributed by atoms with Crippen molar-refractivity contribution in [1.82, 2.24) is 5.32 Å². The first-order chi connectivity index (χ1) is 8.21. The lowest BCUT2D eigenvalue weighted by molar-refractivity contribution is 0.237. The first-order valence-corrected chi connectivity index (χ1v) is 6.40. The van der Waals surface area contributed by atoms with E-state index in [0.29, 0.717) is 0 Å². The van der Waals surface area contributed by atoms with Gasteiger partial charge in [0.1, 0.15) is 0 Å². The highest BCUT2D eigenvalue weighted by Gasteiger charge is 2.38. The molecule has 0 unspecified atom stereocenters. The van der Waals surface area contributed by atoms with Crippen LogP contribution in [-0.4, -0.2) is 18.1 Å². The van der Waals surface area contributed by atoms with Gasteiger partial charge in [-0.15, -0.1) is 0 Å². The Kier molecular flexibility index (Phi) is 2.88. The van der Waals surface area contributed by atoms with Gasteiger partial charge in [0.05, 0.1) is 0 Å². The van der Waals surface area contributed by atoms with Crippen LogP contribution in [0.3, 0.4) is 0 Å². The van der Waals surface area contributed by atoms with E-state index in [2.05, 4.69) is 25.2 Å². The smallest absolute Gasteiger partial charge is 0.322 e. The summed E-state index contributed by atoms with van der Waals surface area (Å²) >= 11 is 0. The van der Waals surface area contributed by atoms with Gasteiger partial charge in [0.2, 0.25) is 0 Å². The van der Waals surface area contributed by atoms with E-state index in [1.165, 1.54) is 5.56 Å². The number of nitrogens with one attached hydrogen (secondary N) is 1. The maximum atomic E-state index is 12.3. The van der Waals surface area contributed by atoms with E-state index in [0.717, 1.165) is 12.2 Å². The molecule has 3 nitrogen and oxygen atoms in total. The average Bonchev–Trinajstić information content (AvgIpc) is 2.50. The van der Waals surface area contributed by atoms with Gasteiger partial charge >= 0.3 is 6.03 Å². The zero-order valence-electron chi connectivity index (χ0n) is 11.9. The Morgan fingerprint density at radius 2 is 1.89 bits per heavy atom. The normalized spacial score (nSPS) is 17.5. The molecule has 1 aliphatic rings. The van der Waals surface area contributed by atoms with Gasteiger partial charge in [-0.25, -0.2) is 4.79 Å². The third kappa shape index (κ3) is 2.35. The van der Waals surface area contributed by atoms with Crippen molar-refractivity contribution in [2.24, 2.45) is 0 Å². The molecule has 1 aliphatic heterocycles. The highest BCUT2D eigenvalue weighted by atomic mass is 16.2. The van der Waals surface area contributed by atoms with Crippen LogP contribution < -0.4 is 10.2 Å². The molecule has 1 aromatic rings. The second-order valence-corrected chi connectivity index (χ2v) is 6.67. The highest BCUT2D eigenvalue weighted by molar-refractivity contribution is 5.95. The van der Waals surface area contributed by atoms with Crippen molar-refractivity contribution in [3.8, 4) is 0 Å². The number of rotatable bonds is 0. The minimum atomic E-state index is -0.210. The lowest BCUT2D eigenvalue weighted by Crippen LogP contribution is -2.49. The Morgan fingerprint density at radius 3 is 2.50 bits per heavy atom. The molecule has 0 spiro atoms. The van der Waals surface area contributed by atoms with Gasteiger partial charge in [0.25, 0.3) is 0 Å². The first kappa shape index (κ1) is 12.9. The third-order valence-electron chi connectivity index (χ3n) is 3.20. The van der Waals surface area contributed by atoms with Gasteiger partial charge in [0.15, 0.2) is 0 Å². The summed E-state index contributed by atoms with van der Waals surface area (Å²) in [4.78, 5) is 14.2. The number of benzene rings is 1. The molecule has 2 rings (SSSR count). The molecule has 18 heavy (non-hydrogen) atoms. The van der Waals surface area contributed by atoms with Gasteiger partial charge in [-0.2, -0.15) is 0 Å². The summed E-state index contributed by atoms with van der Waals surface area (Å²) in [5.74, 6) is 0. The Hall–Kier alpha value is -1.51. The molecule has 2 amide bonds. The number of carbonyl (C=O) groups excluding carboxylic acids is 1. The van der Waals surface area contributed by atoms with E-state index < -0.39 is 0 Å². The number of nitrogens with zero attached hydrogens (tertiary/aromatic N) is 1. The van der Waals surface area contributed by atoms with E-state index >= 15 is 0 Å². The Morgan fingerprint density at radius 1 is 1.28 bits per heavy atom. The molecule has 98 valence electrons. The van der Waals surface area contributed by atoms with E-state index in [9.17, 15) is 4.79 Å². The minimum Gasteiger partial charge on any atom is -0.333 e. The van der Waals surface area contributed by atoms with E-state index in [4.69, 9.17) is 0 Å². The molecule has 0 bridgehead atoms. The third-order valence-corrected chi connectivity index (χ3v) is 3.20. The van der Waals surface area contributed by atoms with E-state index in [1.807, 2.05) is 43.9 Å². The van der Waals surface area contributed by atoms with Crippen molar-refractivity contribution in [3.05, 3.63) is 29.8 Å². The van der Waals surface area contributed by atoms with Gasteiger partial charge in [0, 0.05) is 23.2 Å². The quantitative estimate of drug-likeness (QED) is 0.748. The summed E-state index contributed by atoms with van der Waals surface area (Å²) in [5.41, 5.74) is 2.09. The molecule has 1 N–H and O–H groups in total. The fraction of sp³-hybridized carbons (Fsp3) is 0.533. The number of carbonyl (C=O) groups is 1. The number of anilines is 1. The number of amides is 2. The predicted octanol–water partition coefficient (Wildman–Crippen LogP) is 3.29. The molecule has 0 atom stereocenters. The molecule has 0 saturated heterocycles. The summed E-state index contributed by atoms with van der Waals surface area (Å²) in [6.07, 6.45) is 0. The number of hydrogen-bond donors (Lipinski definition) is 1. The van der Waals surface area contributed by atoms with Crippen LogP contribution in [0.1, 0.15) is 40.2 Å². The fourth-order valence-corrected chi connectivity index (χ4v) is 2.42. The average molecular weight is 246 g/mol. The van der Waals surface area contributed by atoms with Crippen LogP contribution in [0.25, 0.3) is 0 Å². The molecular weight excluding hydrogens is 224 g/mol. The second-order valence-electron chi connectivity index (χ2n) is 6.67. The van der Waals surface area contributed by atoms with Crippen molar-refractivity contribution in [2.45, 2.75) is 45.6 Å². The summed E-state index contributed by atoms with van der Waals surface area (Å²) in [7, 11) is 0. The minimum absolute atomic E-state index is 0.0134. The molecule has 1 aromatic carbocycles. The molecular formula is C15H22N2O. The molecule has 0 saturated carbocycles. The van der Waals surface area contributed by atoms with Crippen molar-refractivity contribution in [2.75, 3.05) is 11.4 Å². The van der Waals surface area contributed by atoms with Crippen LogP contribution >= 0.6 is 0 Å². The van der Waals surface area contributed by atoms with E-state index in [1.54, 1.807) is 0 Å². The maximum Gasteiger partial charge on any atom is 0.322 e. The fourth-order valence-electron chi connectivity index (χ4n) is 2.42. The van der Waals surface area contributed by atoms with Crippen molar-refractivity contribution >= 4 is 11.7 Å². The predicted molar refractivity (Wildman–Crippen MR) is 75.1 cm³/mol. The van der Waals surface area contributed by atoms with Crippen LogP contribution in [0.2, 0.25) is 0 Å². The maximum absolute atomic E-state index is 12.3. The first-order valence-electron chi connectivity index (χ1n) is 6.40. The molecule has 0 radical (unpaired) electrons. The Balaban J connectivity index is 2.31. The van der Waals surface area contributed by atoms with E-state index in [-0.39, 0.29) is 17.0 Å². The molecule has 0 fully saturated rings. The van der Waals surface area contributed by atoms with Crippen LogP contribution in [0.15, 0.2) is 24.3 Å². The van der Waals surface area contributed by atoms with Gasteiger partial charge in [-0.1, -0.05) is 32.0 Å². The molecule has 0 aliphatic carbocycles. The van der Waals surface area contributed by atoms with Crippen LogP contribution in [-0.2, 0) is 5.41 Å². The molecule has 3 heteroatoms. The number of hydrogen-bond acceptors (Lipinski definition) is 1. The van der Waals surface area contributed by atoms with Gasteiger partial charge in [-0.05, 0) is 32.4 Å². The topological polar surface area (TPSA) is 32.3 Å². The summed E-state index contributed by atoms with van der Waals surface area (Å²) in [6.45, 7) is 11.1. The van der Waals surface area contributed by atoms with Gasteiger partial charge in [-0.3, -0.25) is 4.90 Å². The Bertz CT molecular complexity index is 472. The lowest BCUT2D eigenvalue weighted by Gasteiger charge is -2.27. The SMILES string of the molecule is CC(C)(C)NC(=O)N1CC(C)(C)c2ccccc21. The van der Waals surface area contributed by atoms with Gasteiger partial charge < -0.3 is 5.32 Å². The number of para-hydroxylation sites is 1. The monoisotopic (exact) mass is 246 g/mol. The van der Waals surface area contributed by atoms with Crippen molar-refractivity contribution in [1.29, 1.82) is 0 Å². The molecule has 0 aromatic heterocycles. The number of urea groups is 1. The zero-order valence-corrected chi connectivity index (χ0v) is 11.9. The lowest BCUT2D eigenvalue weighted by atomic mass is 9.87. The second kappa shape index (κ2) is 4.01. The standard InChI is InChI=1S/C15H22N2O/c1-14(2,3)16-13(18)17-10-15(4,5)11-8-6-7-9-12(11)17/h6-9H,10H2,1-5H3,(H,16,18). The summed E-state index contributed by atoms with van der Waals surface area (Å²) in [5, 5.41) is 3.03. The van der Waals surface area contributed by atoms with Crippen LogP contribution in [0.5, 0.6) is 0 Å². The zero-order chi connectivity index (χ0) is 13.6. The van der Waals surface area contributed by atoms with Crippen LogP contribution in [0.4, 0.5) is 10.5 Å². The van der Waals surface area contributed by atoms with Crippen molar-refractivity contribution in [3.63, 3.8) is 0 Å². The van der Waals surface area contributed by atoms with Crippen LogP contribution in [0, 0.1) is 0 Å². The Labute approximate surface area is 109 Å². The molecule has 1 heterocycles. The summed E-state index contributed by atoms with van der Waals surface area (Å²) in [6, 6.07) is 8.13. The number of fused-ring (bicyclic) bond motifs is 1. The largest absolute Gasteiger partial charge is 0.333 e.